The first-order valence-electron chi connectivity index (χ1n) is 12.8. The van der Waals surface area contributed by atoms with Crippen LogP contribution in [0.15, 0.2) is 72.1 Å². The van der Waals surface area contributed by atoms with Gasteiger partial charge in [0.2, 0.25) is 10.0 Å². The van der Waals surface area contributed by atoms with Gasteiger partial charge in [0.05, 0.1) is 16.8 Å². The van der Waals surface area contributed by atoms with Crippen molar-refractivity contribution in [2.24, 2.45) is 5.41 Å². The molecule has 0 atom stereocenters. The number of anilines is 2. The topological polar surface area (TPSA) is 91.3 Å². The van der Waals surface area contributed by atoms with Crippen LogP contribution in [0.4, 0.5) is 11.5 Å². The van der Waals surface area contributed by atoms with Crippen LogP contribution in [0.1, 0.15) is 37.8 Å². The molecule has 36 heavy (non-hydrogen) atoms. The Morgan fingerprint density at radius 2 is 1.50 bits per heavy atom. The van der Waals surface area contributed by atoms with Gasteiger partial charge in [0.1, 0.15) is 5.82 Å². The molecule has 0 unspecified atom stereocenters. The van der Waals surface area contributed by atoms with E-state index in [2.05, 4.69) is 36.6 Å². The molecule has 2 fully saturated rings. The Balaban J connectivity index is 1.09. The third kappa shape index (κ3) is 5.84. The molecule has 2 aliphatic rings. The number of nitrogens with zero attached hydrogens (tertiary/aromatic N) is 5. The lowest BCUT2D eigenvalue weighted by Crippen LogP contribution is -2.47. The maximum absolute atomic E-state index is 12.4. The predicted octanol–water partition coefficient (Wildman–Crippen LogP) is 3.67. The van der Waals surface area contributed by atoms with E-state index in [4.69, 9.17) is 4.98 Å². The minimum atomic E-state index is -3.47. The van der Waals surface area contributed by atoms with Crippen LogP contribution in [0.25, 0.3) is 0 Å². The van der Waals surface area contributed by atoms with E-state index in [1.165, 1.54) is 31.4 Å². The minimum Gasteiger partial charge on any atom is -0.371 e. The highest BCUT2D eigenvalue weighted by Crippen LogP contribution is 2.42. The van der Waals surface area contributed by atoms with Crippen molar-refractivity contribution >= 4 is 21.5 Å². The summed E-state index contributed by atoms with van der Waals surface area (Å²) in [6.07, 6.45) is 13.6. The summed E-state index contributed by atoms with van der Waals surface area (Å²) in [7, 11) is -3.47. The normalized spacial score (nSPS) is 17.9. The van der Waals surface area contributed by atoms with E-state index in [0.717, 1.165) is 37.7 Å². The average Bonchev–Trinajstić information content (AvgIpc) is 2.93. The third-order valence-electron chi connectivity index (χ3n) is 7.63. The molecule has 3 aromatic rings. The van der Waals surface area contributed by atoms with E-state index < -0.39 is 10.0 Å². The number of piperidine rings is 2. The molecule has 5 rings (SSSR count). The number of rotatable bonds is 8. The zero-order valence-corrected chi connectivity index (χ0v) is 21.4. The van der Waals surface area contributed by atoms with E-state index in [1.54, 1.807) is 36.5 Å². The largest absolute Gasteiger partial charge is 0.371 e. The number of aromatic nitrogens is 3. The van der Waals surface area contributed by atoms with Gasteiger partial charge in [0.15, 0.2) is 0 Å². The highest BCUT2D eigenvalue weighted by atomic mass is 32.2. The molecular weight excluding hydrogens is 472 g/mol. The number of hydrogen-bond acceptors (Lipinski definition) is 7. The summed E-state index contributed by atoms with van der Waals surface area (Å²) in [5.41, 5.74) is 2.61. The zero-order chi connectivity index (χ0) is 24.8. The Labute approximate surface area is 213 Å². The monoisotopic (exact) mass is 506 g/mol. The molecule has 0 aliphatic carbocycles. The molecule has 0 radical (unpaired) electrons. The van der Waals surface area contributed by atoms with Gasteiger partial charge in [0.25, 0.3) is 0 Å². The second-order valence-electron chi connectivity index (χ2n) is 9.86. The van der Waals surface area contributed by atoms with E-state index >= 15 is 0 Å². The van der Waals surface area contributed by atoms with Crippen LogP contribution in [0.3, 0.4) is 0 Å². The molecule has 1 aromatic carbocycles. The number of hydrogen-bond donors (Lipinski definition) is 1. The lowest BCUT2D eigenvalue weighted by atomic mass is 9.71. The Morgan fingerprint density at radius 1 is 0.833 bits per heavy atom. The number of aryl methyl sites for hydroxylation is 1. The summed E-state index contributed by atoms with van der Waals surface area (Å²) >= 11 is 0. The van der Waals surface area contributed by atoms with Gasteiger partial charge in [-0.1, -0.05) is 18.2 Å². The first-order chi connectivity index (χ1) is 17.5. The zero-order valence-electron chi connectivity index (χ0n) is 20.6. The Hall–Kier alpha value is -3.04. The van der Waals surface area contributed by atoms with Crippen LogP contribution in [-0.2, 0) is 16.4 Å². The van der Waals surface area contributed by atoms with Gasteiger partial charge in [-0.3, -0.25) is 9.97 Å². The summed E-state index contributed by atoms with van der Waals surface area (Å²) < 4.78 is 27.4. The van der Waals surface area contributed by atoms with E-state index in [9.17, 15) is 8.42 Å². The van der Waals surface area contributed by atoms with Crippen LogP contribution < -0.4 is 14.5 Å². The highest BCUT2D eigenvalue weighted by Gasteiger charge is 2.38. The highest BCUT2D eigenvalue weighted by molar-refractivity contribution is 7.89. The van der Waals surface area contributed by atoms with Crippen molar-refractivity contribution in [3.63, 3.8) is 0 Å². The van der Waals surface area contributed by atoms with Crippen LogP contribution in [0, 0.1) is 5.41 Å². The molecular formula is C27H34N6O2S. The Bertz CT molecular complexity index is 1220. The molecule has 1 N–H and O–H groups in total. The Morgan fingerprint density at radius 3 is 2.19 bits per heavy atom. The molecule has 2 aromatic heterocycles. The van der Waals surface area contributed by atoms with Crippen molar-refractivity contribution < 1.29 is 8.42 Å². The van der Waals surface area contributed by atoms with Gasteiger partial charge in [-0.25, -0.2) is 18.1 Å². The summed E-state index contributed by atoms with van der Waals surface area (Å²) in [6.45, 7) is 4.58. The average molecular weight is 507 g/mol. The molecule has 0 saturated carbocycles. The van der Waals surface area contributed by atoms with Gasteiger partial charge in [0, 0.05) is 57.0 Å². The smallest absolute Gasteiger partial charge is 0.240 e. The molecule has 1 spiro atoms. The fourth-order valence-electron chi connectivity index (χ4n) is 5.33. The van der Waals surface area contributed by atoms with Crippen molar-refractivity contribution in [3.8, 4) is 0 Å². The van der Waals surface area contributed by atoms with Gasteiger partial charge in [-0.15, -0.1) is 0 Å². The van der Waals surface area contributed by atoms with Crippen LogP contribution in [0.5, 0.6) is 0 Å². The number of nitrogens with one attached hydrogen (secondary N) is 1. The van der Waals surface area contributed by atoms with Gasteiger partial charge in [-0.05, 0) is 68.2 Å². The predicted molar refractivity (Wildman–Crippen MR) is 142 cm³/mol. The third-order valence-corrected chi connectivity index (χ3v) is 9.10. The summed E-state index contributed by atoms with van der Waals surface area (Å²) in [5, 5.41) is 0. The first-order valence-corrected chi connectivity index (χ1v) is 14.3. The summed E-state index contributed by atoms with van der Waals surface area (Å²) in [4.78, 5) is 18.5. The minimum absolute atomic E-state index is 0.290. The summed E-state index contributed by atoms with van der Waals surface area (Å²) in [5.74, 6) is 0.932. The van der Waals surface area contributed by atoms with E-state index in [1.807, 2.05) is 18.6 Å². The van der Waals surface area contributed by atoms with Gasteiger partial charge >= 0.3 is 0 Å². The molecule has 0 bridgehead atoms. The van der Waals surface area contributed by atoms with Crippen LogP contribution in [-0.4, -0.2) is 56.1 Å². The molecule has 190 valence electrons. The van der Waals surface area contributed by atoms with E-state index in [0.29, 0.717) is 24.8 Å². The maximum Gasteiger partial charge on any atom is 0.240 e. The van der Waals surface area contributed by atoms with Crippen molar-refractivity contribution in [2.75, 3.05) is 42.5 Å². The Kier molecular flexibility index (Phi) is 7.48. The van der Waals surface area contributed by atoms with Crippen molar-refractivity contribution in [3.05, 3.63) is 72.9 Å². The van der Waals surface area contributed by atoms with E-state index in [-0.39, 0.29) is 4.90 Å². The summed E-state index contributed by atoms with van der Waals surface area (Å²) in [6, 6.07) is 12.7. The molecule has 2 aliphatic heterocycles. The standard InChI is InChI=1S/C27H34N6O2S/c34-36(35,25-6-2-1-3-7-25)30-14-4-5-23-21-29-22-26(31-23)33-19-12-27(13-20-33)10-17-32(18-11-27)24-8-15-28-16-9-24/h1-3,6-9,15-16,21-22,30H,4-5,10-14,17-20H2. The second-order valence-corrected chi connectivity index (χ2v) is 11.6. The molecule has 4 heterocycles. The quantitative estimate of drug-likeness (QED) is 0.466. The lowest BCUT2D eigenvalue weighted by molar-refractivity contribution is 0.166. The first kappa shape index (κ1) is 24.6. The number of benzene rings is 1. The molecule has 8 nitrogen and oxygen atoms in total. The van der Waals surface area contributed by atoms with Gasteiger partial charge < -0.3 is 9.80 Å². The second kappa shape index (κ2) is 10.9. The molecule has 2 saturated heterocycles. The fraction of sp³-hybridized carbons (Fsp3) is 0.444. The lowest BCUT2D eigenvalue weighted by Gasteiger charge is -2.47. The van der Waals surface area contributed by atoms with Crippen LogP contribution >= 0.6 is 0 Å². The van der Waals surface area contributed by atoms with Crippen LogP contribution in [0.2, 0.25) is 0 Å². The maximum atomic E-state index is 12.4. The fourth-order valence-corrected chi connectivity index (χ4v) is 6.43. The molecule has 0 amide bonds. The SMILES string of the molecule is O=S(=O)(NCCCc1cncc(N2CCC3(CCN(c4ccncc4)CC3)CC2)n1)c1ccccc1. The number of pyridine rings is 1. The van der Waals surface area contributed by atoms with Gasteiger partial charge in [-0.2, -0.15) is 0 Å². The number of sulfonamides is 1. The molecule has 9 heteroatoms. The van der Waals surface area contributed by atoms with Crippen molar-refractivity contribution in [1.82, 2.24) is 19.7 Å². The van der Waals surface area contributed by atoms with Crippen molar-refractivity contribution in [1.29, 1.82) is 0 Å². The van der Waals surface area contributed by atoms with Crippen molar-refractivity contribution in [2.45, 2.75) is 43.4 Å².